The first-order valence-electron chi connectivity index (χ1n) is 18.6. The van der Waals surface area contributed by atoms with Gasteiger partial charge in [-0.15, -0.1) is 0 Å². The van der Waals surface area contributed by atoms with Gasteiger partial charge in [0.2, 0.25) is 0 Å². The van der Waals surface area contributed by atoms with Crippen molar-refractivity contribution in [1.29, 1.82) is 0 Å². The molecule has 260 valence electrons. The van der Waals surface area contributed by atoms with Crippen LogP contribution in [0.15, 0.2) is 204 Å². The van der Waals surface area contributed by atoms with Gasteiger partial charge in [0.1, 0.15) is 0 Å². The third kappa shape index (κ3) is 5.55. The van der Waals surface area contributed by atoms with Gasteiger partial charge in [0.05, 0.1) is 34.5 Å². The van der Waals surface area contributed by atoms with Gasteiger partial charge < -0.3 is 9.13 Å². The summed E-state index contributed by atoms with van der Waals surface area (Å²) >= 11 is 0. The molecule has 0 N–H and O–H groups in total. The van der Waals surface area contributed by atoms with Crippen LogP contribution >= 0.6 is 0 Å². The monoisotopic (exact) mass is 704 g/mol. The second-order valence-electron chi connectivity index (χ2n) is 13.9. The molecule has 0 amide bonds. The summed E-state index contributed by atoms with van der Waals surface area (Å²) in [5.74, 6) is 0. The van der Waals surface area contributed by atoms with Crippen molar-refractivity contribution < 1.29 is 0 Å². The Morgan fingerprint density at radius 2 is 1.22 bits per heavy atom. The number of benzene rings is 8. The van der Waals surface area contributed by atoms with Crippen LogP contribution < -0.4 is 0 Å². The van der Waals surface area contributed by atoms with Crippen LogP contribution in [0.25, 0.3) is 66.0 Å². The van der Waals surface area contributed by atoms with Crippen LogP contribution in [0.5, 0.6) is 0 Å². The molecule has 0 unspecified atom stereocenters. The fraction of sp³-hybridized carbons (Fsp3) is 0.0196. The summed E-state index contributed by atoms with van der Waals surface area (Å²) in [6, 6.07) is 66.7. The molecule has 2 aromatic heterocycles. The highest BCUT2D eigenvalue weighted by Crippen LogP contribution is 2.38. The van der Waals surface area contributed by atoms with E-state index < -0.39 is 0 Å². The summed E-state index contributed by atoms with van der Waals surface area (Å²) in [5, 5.41) is 5.98. The highest BCUT2D eigenvalue weighted by Gasteiger charge is 2.19. The van der Waals surface area contributed by atoms with Crippen LogP contribution in [-0.2, 0) is 6.54 Å². The lowest BCUT2D eigenvalue weighted by Crippen LogP contribution is -2.06. The topological polar surface area (TPSA) is 34.6 Å². The third-order valence-corrected chi connectivity index (χ3v) is 10.7. The molecule has 0 bridgehead atoms. The number of nitrogens with zero attached hydrogens (tertiary/aromatic N) is 4. The minimum Gasteiger partial charge on any atom is -0.315 e. The molecule has 55 heavy (non-hydrogen) atoms. The molecule has 0 radical (unpaired) electrons. The van der Waals surface area contributed by atoms with Crippen molar-refractivity contribution in [1.82, 2.24) is 9.13 Å². The normalized spacial score (nSPS) is 11.9. The molecule has 8 aromatic carbocycles. The number of para-hydroxylation sites is 3. The van der Waals surface area contributed by atoms with E-state index in [0.29, 0.717) is 6.54 Å². The smallest absolute Gasteiger partial charge is 0.0788 e. The Kier molecular flexibility index (Phi) is 8.00. The molecule has 4 nitrogen and oxygen atoms in total. The van der Waals surface area contributed by atoms with Gasteiger partial charge in [0, 0.05) is 44.9 Å². The van der Waals surface area contributed by atoms with Gasteiger partial charge in [-0.2, -0.15) is 0 Å². The SMILES string of the molecule is C=Nc1ccccc1C(=NCc1cccc(-n2c3ccccc3c3ccc4ccn(-c5ccccc5)c4c32)c1)c1ccc(-c2ccccc2)c2ccccc12. The van der Waals surface area contributed by atoms with Crippen LogP contribution in [-0.4, -0.2) is 21.6 Å². The largest absolute Gasteiger partial charge is 0.315 e. The van der Waals surface area contributed by atoms with E-state index in [4.69, 9.17) is 4.99 Å². The molecule has 0 aliphatic rings. The maximum Gasteiger partial charge on any atom is 0.0788 e. The van der Waals surface area contributed by atoms with Crippen LogP contribution in [0.1, 0.15) is 16.7 Å². The molecule has 0 atom stereocenters. The Morgan fingerprint density at radius 3 is 2.05 bits per heavy atom. The highest BCUT2D eigenvalue weighted by atomic mass is 15.0. The summed E-state index contributed by atoms with van der Waals surface area (Å²) in [4.78, 5) is 9.89. The van der Waals surface area contributed by atoms with Crippen LogP contribution in [0, 0.1) is 0 Å². The van der Waals surface area contributed by atoms with E-state index in [9.17, 15) is 0 Å². The Morgan fingerprint density at radius 1 is 0.509 bits per heavy atom. The molecule has 10 rings (SSSR count). The van der Waals surface area contributed by atoms with Crippen molar-refractivity contribution >= 4 is 61.6 Å². The lowest BCUT2D eigenvalue weighted by molar-refractivity contribution is 1.05. The van der Waals surface area contributed by atoms with Crippen molar-refractivity contribution in [3.8, 4) is 22.5 Å². The molecule has 10 aromatic rings. The zero-order valence-electron chi connectivity index (χ0n) is 30.2. The maximum absolute atomic E-state index is 5.45. The number of aromatic nitrogens is 2. The Bertz CT molecular complexity index is 3080. The van der Waals surface area contributed by atoms with Gasteiger partial charge in [-0.25, -0.2) is 0 Å². The predicted octanol–water partition coefficient (Wildman–Crippen LogP) is 12.9. The zero-order valence-corrected chi connectivity index (χ0v) is 30.2. The number of hydrogen-bond acceptors (Lipinski definition) is 2. The van der Waals surface area contributed by atoms with E-state index in [1.54, 1.807) is 0 Å². The van der Waals surface area contributed by atoms with Gasteiger partial charge >= 0.3 is 0 Å². The minimum absolute atomic E-state index is 0.482. The van der Waals surface area contributed by atoms with E-state index >= 15 is 0 Å². The summed E-state index contributed by atoms with van der Waals surface area (Å²) in [6.07, 6.45) is 2.18. The third-order valence-electron chi connectivity index (χ3n) is 10.7. The second kappa shape index (κ2) is 13.6. The van der Waals surface area contributed by atoms with E-state index in [1.165, 1.54) is 49.2 Å². The molecule has 2 heterocycles. The average molecular weight is 705 g/mol. The van der Waals surface area contributed by atoms with Crippen molar-refractivity contribution in [2.45, 2.75) is 6.54 Å². The highest BCUT2D eigenvalue weighted by molar-refractivity contribution is 6.23. The first-order chi connectivity index (χ1) is 27.3. The molecule has 0 saturated carbocycles. The quantitative estimate of drug-likeness (QED) is 0.141. The van der Waals surface area contributed by atoms with E-state index in [-0.39, 0.29) is 0 Å². The number of rotatable bonds is 8. The summed E-state index contributed by atoms with van der Waals surface area (Å²) in [6.45, 7) is 4.41. The van der Waals surface area contributed by atoms with Crippen molar-refractivity contribution in [3.63, 3.8) is 0 Å². The molecule has 0 fully saturated rings. The Labute approximate surface area is 319 Å². The van der Waals surface area contributed by atoms with Gasteiger partial charge in [-0.1, -0.05) is 146 Å². The summed E-state index contributed by atoms with van der Waals surface area (Å²) in [7, 11) is 0. The number of aliphatic imine (C=N–C) groups is 2. The zero-order chi connectivity index (χ0) is 36.7. The minimum atomic E-state index is 0.482. The van der Waals surface area contributed by atoms with Gasteiger partial charge in [-0.05, 0) is 76.6 Å². The van der Waals surface area contributed by atoms with Crippen molar-refractivity contribution in [2.24, 2.45) is 9.98 Å². The van der Waals surface area contributed by atoms with Crippen molar-refractivity contribution in [3.05, 3.63) is 211 Å². The van der Waals surface area contributed by atoms with E-state index in [2.05, 4.69) is 203 Å². The first-order valence-corrected chi connectivity index (χ1v) is 18.6. The van der Waals surface area contributed by atoms with Gasteiger partial charge in [0.15, 0.2) is 0 Å². The maximum atomic E-state index is 5.45. The fourth-order valence-corrected chi connectivity index (χ4v) is 8.21. The Hall–Kier alpha value is -7.30. The molecule has 0 spiro atoms. The average Bonchev–Trinajstić information content (AvgIpc) is 3.84. The van der Waals surface area contributed by atoms with E-state index in [0.717, 1.165) is 44.9 Å². The molecule has 0 saturated heterocycles. The van der Waals surface area contributed by atoms with Gasteiger partial charge in [-0.3, -0.25) is 9.98 Å². The van der Waals surface area contributed by atoms with Crippen molar-refractivity contribution in [2.75, 3.05) is 0 Å². The summed E-state index contributed by atoms with van der Waals surface area (Å²) < 4.78 is 4.74. The summed E-state index contributed by atoms with van der Waals surface area (Å²) in [5.41, 5.74) is 13.0. The van der Waals surface area contributed by atoms with E-state index in [1.807, 2.05) is 12.1 Å². The van der Waals surface area contributed by atoms with Crippen LogP contribution in [0.3, 0.4) is 0 Å². The molecule has 0 aliphatic carbocycles. The molecule has 4 heteroatoms. The van der Waals surface area contributed by atoms with Gasteiger partial charge in [0.25, 0.3) is 0 Å². The predicted molar refractivity (Wildman–Crippen MR) is 232 cm³/mol. The Balaban J connectivity index is 1.15. The fourth-order valence-electron chi connectivity index (χ4n) is 8.21. The molecule has 0 aliphatic heterocycles. The number of fused-ring (bicyclic) bond motifs is 6. The standard InChI is InChI=1S/C51H36N4/c1-52-47-25-12-10-24-46(47)49(44-30-29-40(36-16-4-2-5-17-36)41-21-8-9-22-42(41)44)53-34-35-15-14-20-39(33-35)55-48-26-13-11-23-43(48)45-28-27-37-31-32-54(50(37)51(45)55)38-18-6-3-7-19-38/h2-33H,1,34H2. The number of hydrogen-bond donors (Lipinski definition) is 0. The first kappa shape index (κ1) is 32.4. The lowest BCUT2D eigenvalue weighted by Gasteiger charge is -2.16. The lowest BCUT2D eigenvalue weighted by atomic mass is 9.91. The molecular formula is C51H36N4. The van der Waals surface area contributed by atoms with Crippen LogP contribution in [0.2, 0.25) is 0 Å². The molecular weight excluding hydrogens is 669 g/mol. The second-order valence-corrected chi connectivity index (χ2v) is 13.9. The van der Waals surface area contributed by atoms with Crippen LogP contribution in [0.4, 0.5) is 5.69 Å².